The van der Waals surface area contributed by atoms with Crippen LogP contribution in [0.25, 0.3) is 0 Å². The van der Waals surface area contributed by atoms with Crippen LogP contribution in [0, 0.1) is 24.5 Å². The van der Waals surface area contributed by atoms with Crippen molar-refractivity contribution in [2.75, 3.05) is 7.05 Å². The molecule has 0 aromatic heterocycles. The third-order valence-corrected chi connectivity index (χ3v) is 5.80. The van der Waals surface area contributed by atoms with E-state index < -0.39 is 11.6 Å². The summed E-state index contributed by atoms with van der Waals surface area (Å²) in [6.45, 7) is 13.6. The number of aryl methyl sites for hydroxylation is 1. The molecular weight excluding hydrogens is 432 g/mol. The molecule has 2 aromatic rings. The highest BCUT2D eigenvalue weighted by Gasteiger charge is 2.31. The molecule has 1 unspecified atom stereocenters. The first-order chi connectivity index (χ1) is 15.9. The van der Waals surface area contributed by atoms with Crippen LogP contribution in [0.5, 0.6) is 0 Å². The largest absolute Gasteiger partial charge is 0.303 e. The second-order valence-corrected chi connectivity index (χ2v) is 9.12. The molecule has 0 amide bonds. The van der Waals surface area contributed by atoms with Gasteiger partial charge in [0.25, 0.3) is 0 Å². The van der Waals surface area contributed by atoms with Crippen LogP contribution in [0.1, 0.15) is 83.9 Å². The molecule has 0 radical (unpaired) electrons. The van der Waals surface area contributed by atoms with Gasteiger partial charge in [0, 0.05) is 24.7 Å². The molecule has 5 heteroatoms. The van der Waals surface area contributed by atoms with Crippen LogP contribution >= 0.6 is 0 Å². The van der Waals surface area contributed by atoms with Gasteiger partial charge in [-0.15, -0.1) is 0 Å². The van der Waals surface area contributed by atoms with E-state index in [4.69, 9.17) is 0 Å². The number of halogens is 2. The maximum atomic E-state index is 13.0. The Kier molecular flexibility index (Phi) is 14.8. The Labute approximate surface area is 204 Å². The van der Waals surface area contributed by atoms with Gasteiger partial charge in [0.1, 0.15) is 23.7 Å². The highest BCUT2D eigenvalue weighted by Crippen LogP contribution is 2.38. The Bertz CT molecular complexity index is 931. The Balaban J connectivity index is 0.000000584. The number of nitrogens with zero attached hydrogens (tertiary/aromatic N) is 1. The maximum absolute atomic E-state index is 13.0. The number of rotatable bonds is 8. The first-order valence-electron chi connectivity index (χ1n) is 11.8. The molecule has 0 N–H and O–H groups in total. The zero-order valence-corrected chi connectivity index (χ0v) is 22.0. The van der Waals surface area contributed by atoms with Crippen molar-refractivity contribution < 1.29 is 18.4 Å². The number of carbonyl (C=O) groups is 2. The van der Waals surface area contributed by atoms with Gasteiger partial charge < -0.3 is 9.59 Å². The number of ketones is 1. The van der Waals surface area contributed by atoms with Gasteiger partial charge in [0.2, 0.25) is 0 Å². The van der Waals surface area contributed by atoms with Crippen LogP contribution in [0.2, 0.25) is 0 Å². The van der Waals surface area contributed by atoms with Crippen LogP contribution in [-0.4, -0.2) is 24.8 Å². The standard InChI is InChI=1S/C17H26O.C9H9F2N.C3H6O/c1-5-6-10-15(12-13-18)17(3,4)16-11-8-7-9-14(16)2;1-6(12-2)8-5-7(10)3-4-9(8)11;1-3(2)4/h7-9,11,13,15H,5-6,10,12H2,1-4H3;3-5H,1-2H3;1-2H3. The van der Waals surface area contributed by atoms with E-state index in [1.165, 1.54) is 37.8 Å². The summed E-state index contributed by atoms with van der Waals surface area (Å²) in [5.74, 6) is -0.287. The van der Waals surface area contributed by atoms with Gasteiger partial charge in [-0.3, -0.25) is 4.99 Å². The van der Waals surface area contributed by atoms with E-state index in [0.717, 1.165) is 30.9 Å². The summed E-state index contributed by atoms with van der Waals surface area (Å²) >= 11 is 0. The quantitative estimate of drug-likeness (QED) is 0.292. The predicted octanol–water partition coefficient (Wildman–Crippen LogP) is 7.67. The number of hydrogen-bond acceptors (Lipinski definition) is 3. The molecule has 3 nitrogen and oxygen atoms in total. The Morgan fingerprint density at radius 3 is 2.18 bits per heavy atom. The zero-order chi connectivity index (χ0) is 26.3. The number of carbonyl (C=O) groups excluding carboxylic acids is 2. The van der Waals surface area contributed by atoms with Gasteiger partial charge in [0.15, 0.2) is 0 Å². The number of aliphatic imine (C=N–C) groups is 1. The van der Waals surface area contributed by atoms with E-state index in [9.17, 15) is 18.4 Å². The van der Waals surface area contributed by atoms with Crippen molar-refractivity contribution in [1.82, 2.24) is 0 Å². The molecule has 1 atom stereocenters. The van der Waals surface area contributed by atoms with Crippen molar-refractivity contribution in [3.63, 3.8) is 0 Å². The summed E-state index contributed by atoms with van der Waals surface area (Å²) < 4.78 is 25.6. The van der Waals surface area contributed by atoms with Gasteiger partial charge in [0.05, 0.1) is 0 Å². The van der Waals surface area contributed by atoms with E-state index in [-0.39, 0.29) is 16.8 Å². The monoisotopic (exact) mass is 473 g/mol. The molecule has 2 aromatic carbocycles. The Morgan fingerprint density at radius 2 is 1.68 bits per heavy atom. The van der Waals surface area contributed by atoms with Crippen LogP contribution in [0.4, 0.5) is 8.78 Å². The van der Waals surface area contributed by atoms with Gasteiger partial charge in [-0.25, -0.2) is 8.78 Å². The molecule has 0 aliphatic carbocycles. The van der Waals surface area contributed by atoms with Gasteiger partial charge >= 0.3 is 0 Å². The molecule has 188 valence electrons. The number of benzene rings is 2. The minimum Gasteiger partial charge on any atom is -0.303 e. The van der Waals surface area contributed by atoms with E-state index in [1.54, 1.807) is 14.0 Å². The molecule has 0 fully saturated rings. The van der Waals surface area contributed by atoms with Crippen molar-refractivity contribution in [2.45, 2.75) is 79.6 Å². The smallest absolute Gasteiger partial charge is 0.132 e. The Morgan fingerprint density at radius 1 is 1.09 bits per heavy atom. The van der Waals surface area contributed by atoms with E-state index in [0.29, 0.717) is 18.1 Å². The fourth-order valence-corrected chi connectivity index (χ4v) is 3.75. The molecular formula is C29H41F2NO2. The lowest BCUT2D eigenvalue weighted by atomic mass is 9.69. The second-order valence-electron chi connectivity index (χ2n) is 9.12. The summed E-state index contributed by atoms with van der Waals surface area (Å²) in [4.78, 5) is 24.2. The van der Waals surface area contributed by atoms with Crippen LogP contribution in [-0.2, 0) is 15.0 Å². The molecule has 0 saturated heterocycles. The normalized spacial score (nSPS) is 12.0. The lowest BCUT2D eigenvalue weighted by molar-refractivity contribution is -0.115. The molecule has 0 heterocycles. The van der Waals surface area contributed by atoms with Crippen LogP contribution in [0.15, 0.2) is 47.5 Å². The van der Waals surface area contributed by atoms with Crippen molar-refractivity contribution >= 4 is 17.8 Å². The summed E-state index contributed by atoms with van der Waals surface area (Å²) in [7, 11) is 1.54. The average molecular weight is 474 g/mol. The zero-order valence-electron chi connectivity index (χ0n) is 22.0. The van der Waals surface area contributed by atoms with Crippen molar-refractivity contribution in [3.8, 4) is 0 Å². The third-order valence-electron chi connectivity index (χ3n) is 5.80. The van der Waals surface area contributed by atoms with Crippen molar-refractivity contribution in [1.29, 1.82) is 0 Å². The minimum atomic E-state index is -0.450. The maximum Gasteiger partial charge on any atom is 0.132 e. The predicted molar refractivity (Wildman–Crippen MR) is 139 cm³/mol. The lowest BCUT2D eigenvalue weighted by Crippen LogP contribution is -2.30. The number of Topliss-reactive ketones (excluding diaryl/α,β-unsaturated/α-hetero) is 1. The molecule has 0 saturated carbocycles. The molecule has 34 heavy (non-hydrogen) atoms. The molecule has 0 aliphatic rings. The van der Waals surface area contributed by atoms with Crippen molar-refractivity contribution in [2.24, 2.45) is 10.9 Å². The SMILES string of the molecule is CC(C)=O.CCCCC(CC=O)C(C)(C)c1ccccc1C.CN=C(C)c1cc(F)ccc1F. The topological polar surface area (TPSA) is 46.5 Å². The highest BCUT2D eigenvalue weighted by molar-refractivity contribution is 5.98. The third kappa shape index (κ3) is 11.0. The Hall–Kier alpha value is -2.69. The number of unbranched alkanes of at least 4 members (excludes halogenated alkanes) is 1. The summed E-state index contributed by atoms with van der Waals surface area (Å²) in [5, 5.41) is 0. The fraction of sp³-hybridized carbons (Fsp3) is 0.483. The van der Waals surface area contributed by atoms with Crippen molar-refractivity contribution in [3.05, 3.63) is 70.8 Å². The van der Waals surface area contributed by atoms with Crippen LogP contribution in [0.3, 0.4) is 0 Å². The second kappa shape index (κ2) is 16.0. The number of hydrogen-bond donors (Lipinski definition) is 0. The van der Waals surface area contributed by atoms with Gasteiger partial charge in [-0.1, -0.05) is 57.9 Å². The minimum absolute atomic E-state index is 0.0709. The van der Waals surface area contributed by atoms with Gasteiger partial charge in [-0.2, -0.15) is 0 Å². The summed E-state index contributed by atoms with van der Waals surface area (Å²) in [5.41, 5.74) is 3.49. The fourth-order valence-electron chi connectivity index (χ4n) is 3.75. The molecule has 0 spiro atoms. The number of aldehydes is 1. The van der Waals surface area contributed by atoms with E-state index in [1.807, 2.05) is 0 Å². The molecule has 2 rings (SSSR count). The van der Waals surface area contributed by atoms with E-state index >= 15 is 0 Å². The average Bonchev–Trinajstić information content (AvgIpc) is 2.78. The highest BCUT2D eigenvalue weighted by atomic mass is 19.1. The van der Waals surface area contributed by atoms with Gasteiger partial charge in [-0.05, 0) is 74.8 Å². The first-order valence-corrected chi connectivity index (χ1v) is 11.8. The molecule has 0 bridgehead atoms. The first kappa shape index (κ1) is 31.3. The van der Waals surface area contributed by atoms with Crippen LogP contribution < -0.4 is 0 Å². The molecule has 0 aliphatic heterocycles. The van der Waals surface area contributed by atoms with E-state index in [2.05, 4.69) is 57.0 Å². The lowest BCUT2D eigenvalue weighted by Gasteiger charge is -2.35. The summed E-state index contributed by atoms with van der Waals surface area (Å²) in [6, 6.07) is 11.9. The summed E-state index contributed by atoms with van der Waals surface area (Å²) in [6.07, 6.45) is 5.28.